The van der Waals surface area contributed by atoms with Gasteiger partial charge in [0.1, 0.15) is 0 Å². The summed E-state index contributed by atoms with van der Waals surface area (Å²) in [6.07, 6.45) is 0. The Balaban J connectivity index is 4.01. The standard InChI is InChI=1S/C7H13FO2Si/c1-4-10-7(9)6(8)5-11(2)3/h5,11H,4H2,1-3H3/b6-5-. The van der Waals surface area contributed by atoms with Crippen LogP contribution in [0.25, 0.3) is 0 Å². The molecular formula is C7H13FO2Si. The predicted molar refractivity (Wildman–Crippen MR) is 44.7 cm³/mol. The molecule has 0 aliphatic carbocycles. The van der Waals surface area contributed by atoms with Crippen LogP contribution in [0.3, 0.4) is 0 Å². The molecule has 64 valence electrons. The maximum Gasteiger partial charge on any atom is 0.366 e. The molecule has 0 unspecified atom stereocenters. The molecule has 0 saturated heterocycles. The number of carbonyl (C=O) groups excluding carboxylic acids is 1. The highest BCUT2D eigenvalue weighted by molar-refractivity contribution is 6.61. The Morgan fingerprint density at radius 2 is 2.18 bits per heavy atom. The lowest BCUT2D eigenvalue weighted by Gasteiger charge is -1.98. The van der Waals surface area contributed by atoms with Crippen LogP contribution in [0.5, 0.6) is 0 Å². The molecule has 0 atom stereocenters. The lowest BCUT2D eigenvalue weighted by Crippen LogP contribution is -2.07. The Kier molecular flexibility index (Phi) is 4.77. The second-order valence-corrected chi connectivity index (χ2v) is 5.30. The third-order valence-corrected chi connectivity index (χ3v) is 1.91. The zero-order valence-corrected chi connectivity index (χ0v) is 8.21. The van der Waals surface area contributed by atoms with Gasteiger partial charge in [0.05, 0.1) is 15.4 Å². The van der Waals surface area contributed by atoms with Crippen molar-refractivity contribution in [2.24, 2.45) is 0 Å². The molecule has 0 aromatic rings. The van der Waals surface area contributed by atoms with Crippen molar-refractivity contribution in [1.29, 1.82) is 0 Å². The summed E-state index contributed by atoms with van der Waals surface area (Å²) in [6, 6.07) is 0. The number of halogens is 1. The summed E-state index contributed by atoms with van der Waals surface area (Å²) < 4.78 is 17.1. The number of hydrogen-bond acceptors (Lipinski definition) is 2. The van der Waals surface area contributed by atoms with Gasteiger partial charge in [-0.05, 0) is 6.92 Å². The van der Waals surface area contributed by atoms with Crippen LogP contribution in [0.4, 0.5) is 4.39 Å². The predicted octanol–water partition coefficient (Wildman–Crippen LogP) is 1.43. The van der Waals surface area contributed by atoms with E-state index in [0.717, 1.165) is 0 Å². The van der Waals surface area contributed by atoms with Gasteiger partial charge in [0, 0.05) is 0 Å². The fraction of sp³-hybridized carbons (Fsp3) is 0.571. The van der Waals surface area contributed by atoms with Crippen LogP contribution in [0.1, 0.15) is 6.92 Å². The van der Waals surface area contributed by atoms with E-state index in [1.807, 2.05) is 13.1 Å². The average molecular weight is 176 g/mol. The van der Waals surface area contributed by atoms with E-state index in [2.05, 4.69) is 4.74 Å². The molecule has 0 rings (SSSR count). The van der Waals surface area contributed by atoms with Gasteiger partial charge in [-0.3, -0.25) is 0 Å². The fourth-order valence-corrected chi connectivity index (χ4v) is 1.28. The van der Waals surface area contributed by atoms with Crippen molar-refractivity contribution in [2.45, 2.75) is 20.0 Å². The number of esters is 1. The minimum atomic E-state index is -1.15. The zero-order chi connectivity index (χ0) is 8.85. The van der Waals surface area contributed by atoms with Crippen LogP contribution in [-0.2, 0) is 9.53 Å². The van der Waals surface area contributed by atoms with Crippen molar-refractivity contribution in [3.8, 4) is 0 Å². The summed E-state index contributed by atoms with van der Waals surface area (Å²) in [4.78, 5) is 10.6. The van der Waals surface area contributed by atoms with Crippen LogP contribution < -0.4 is 0 Å². The molecule has 0 N–H and O–H groups in total. The van der Waals surface area contributed by atoms with E-state index in [1.54, 1.807) is 6.92 Å². The molecule has 0 aliphatic rings. The summed E-state index contributed by atoms with van der Waals surface area (Å²) in [7, 11) is -1.15. The van der Waals surface area contributed by atoms with Gasteiger partial charge in [0.15, 0.2) is 5.83 Å². The normalized spacial score (nSPS) is 11.9. The fourth-order valence-electron chi connectivity index (χ4n) is 0.561. The summed E-state index contributed by atoms with van der Waals surface area (Å²) in [5.74, 6) is -1.58. The smallest absolute Gasteiger partial charge is 0.366 e. The van der Waals surface area contributed by atoms with Crippen molar-refractivity contribution in [2.75, 3.05) is 6.61 Å². The molecule has 0 amide bonds. The highest BCUT2D eigenvalue weighted by atomic mass is 28.3. The summed E-state index contributed by atoms with van der Waals surface area (Å²) in [5.41, 5.74) is 1.37. The maximum absolute atomic E-state index is 12.7. The monoisotopic (exact) mass is 176 g/mol. The van der Waals surface area contributed by atoms with Gasteiger partial charge in [0.25, 0.3) is 0 Å². The SMILES string of the molecule is CCOC(=O)/C(F)=C/[SiH](C)C. The van der Waals surface area contributed by atoms with Gasteiger partial charge >= 0.3 is 5.97 Å². The molecule has 4 heteroatoms. The highest BCUT2D eigenvalue weighted by Crippen LogP contribution is 2.00. The van der Waals surface area contributed by atoms with Gasteiger partial charge in [-0.25, -0.2) is 4.79 Å². The molecule has 11 heavy (non-hydrogen) atoms. The molecule has 2 nitrogen and oxygen atoms in total. The van der Waals surface area contributed by atoms with Crippen molar-refractivity contribution in [3.63, 3.8) is 0 Å². The quantitative estimate of drug-likeness (QED) is 0.369. The highest BCUT2D eigenvalue weighted by Gasteiger charge is 2.09. The van der Waals surface area contributed by atoms with Gasteiger partial charge in [-0.1, -0.05) is 18.8 Å². The van der Waals surface area contributed by atoms with Gasteiger partial charge in [-0.2, -0.15) is 4.39 Å². The summed E-state index contributed by atoms with van der Waals surface area (Å²) >= 11 is 0. The molecule has 0 saturated carbocycles. The first-order chi connectivity index (χ1) is 5.07. The minimum absolute atomic E-state index is 0.222. The molecular weight excluding hydrogens is 163 g/mol. The minimum Gasteiger partial charge on any atom is -0.461 e. The molecule has 0 radical (unpaired) electrons. The Morgan fingerprint density at radius 1 is 1.64 bits per heavy atom. The van der Waals surface area contributed by atoms with E-state index in [9.17, 15) is 9.18 Å². The van der Waals surface area contributed by atoms with Crippen molar-refractivity contribution in [1.82, 2.24) is 0 Å². The van der Waals surface area contributed by atoms with E-state index in [0.29, 0.717) is 0 Å². The largest absolute Gasteiger partial charge is 0.461 e. The van der Waals surface area contributed by atoms with E-state index >= 15 is 0 Å². The topological polar surface area (TPSA) is 26.3 Å². The zero-order valence-electron chi connectivity index (χ0n) is 7.06. The first kappa shape index (κ1) is 10.4. The number of rotatable bonds is 3. The molecule has 0 bridgehead atoms. The van der Waals surface area contributed by atoms with E-state index in [1.165, 1.54) is 5.70 Å². The first-order valence-electron chi connectivity index (χ1n) is 3.62. The second kappa shape index (κ2) is 5.07. The Morgan fingerprint density at radius 3 is 2.55 bits per heavy atom. The molecule has 0 fully saturated rings. The molecule has 0 aromatic heterocycles. The van der Waals surface area contributed by atoms with Crippen LogP contribution in [0.15, 0.2) is 11.5 Å². The first-order valence-corrected chi connectivity index (χ1v) is 6.60. The van der Waals surface area contributed by atoms with E-state index in [4.69, 9.17) is 0 Å². The Bertz CT molecular complexity index is 166. The van der Waals surface area contributed by atoms with E-state index in [-0.39, 0.29) is 6.61 Å². The van der Waals surface area contributed by atoms with Crippen LogP contribution >= 0.6 is 0 Å². The van der Waals surface area contributed by atoms with E-state index < -0.39 is 20.6 Å². The molecule has 0 spiro atoms. The third-order valence-electron chi connectivity index (χ3n) is 0.950. The lowest BCUT2D eigenvalue weighted by molar-refractivity contribution is -0.140. The maximum atomic E-state index is 12.7. The lowest BCUT2D eigenvalue weighted by atomic mass is 10.6. The van der Waals surface area contributed by atoms with Gasteiger partial charge < -0.3 is 4.74 Å². The Labute approximate surface area is 67.7 Å². The molecule has 0 aromatic carbocycles. The van der Waals surface area contributed by atoms with Crippen molar-refractivity contribution >= 4 is 14.8 Å². The summed E-state index contributed by atoms with van der Waals surface area (Å²) in [5, 5.41) is 0. The Hall–Kier alpha value is -0.643. The number of hydrogen-bond donors (Lipinski definition) is 0. The van der Waals surface area contributed by atoms with Gasteiger partial charge in [-0.15, -0.1) is 0 Å². The second-order valence-electron chi connectivity index (χ2n) is 2.48. The average Bonchev–Trinajstić information content (AvgIpc) is 1.86. The van der Waals surface area contributed by atoms with Gasteiger partial charge in [0.2, 0.25) is 0 Å². The van der Waals surface area contributed by atoms with Crippen LogP contribution in [0, 0.1) is 0 Å². The van der Waals surface area contributed by atoms with Crippen LogP contribution in [-0.4, -0.2) is 21.4 Å². The third kappa shape index (κ3) is 4.72. The summed E-state index contributed by atoms with van der Waals surface area (Å²) in [6.45, 7) is 5.73. The number of ether oxygens (including phenoxy) is 1. The van der Waals surface area contributed by atoms with Crippen molar-refractivity contribution in [3.05, 3.63) is 11.5 Å². The number of carbonyl (C=O) groups is 1. The molecule has 0 heterocycles. The van der Waals surface area contributed by atoms with Crippen molar-refractivity contribution < 1.29 is 13.9 Å². The molecule has 0 aliphatic heterocycles. The van der Waals surface area contributed by atoms with Crippen LogP contribution in [0.2, 0.25) is 13.1 Å².